The van der Waals surface area contributed by atoms with E-state index >= 15 is 0 Å². The van der Waals surface area contributed by atoms with E-state index < -0.39 is 0 Å². The van der Waals surface area contributed by atoms with E-state index in [1.165, 1.54) is 0 Å². The van der Waals surface area contributed by atoms with Crippen LogP contribution in [0.5, 0.6) is 0 Å². The summed E-state index contributed by atoms with van der Waals surface area (Å²) in [6.07, 6.45) is 0. The van der Waals surface area contributed by atoms with Gasteiger partial charge < -0.3 is 5.32 Å². The number of aryl methyl sites for hydroxylation is 2. The Morgan fingerprint density at radius 3 is 2.39 bits per heavy atom. The number of halogens is 1. The minimum Gasteiger partial charge on any atom is -0.324 e. The second-order valence-electron chi connectivity index (χ2n) is 4.50. The molecule has 0 atom stereocenters. The Hall–Kier alpha value is -1.32. The van der Waals surface area contributed by atoms with Gasteiger partial charge in [-0.25, -0.2) is 0 Å². The second kappa shape index (κ2) is 6.57. The fourth-order valence-corrected chi connectivity index (χ4v) is 1.99. The molecule has 0 unspecified atom stereocenters. The molecule has 3 nitrogen and oxygen atoms in total. The molecule has 0 saturated heterocycles. The third-order valence-corrected chi connectivity index (χ3v) is 2.72. The summed E-state index contributed by atoms with van der Waals surface area (Å²) in [6.45, 7) is 8.36. The zero-order chi connectivity index (χ0) is 13.7. The molecule has 0 aromatic heterocycles. The van der Waals surface area contributed by atoms with Crippen molar-refractivity contribution in [1.82, 2.24) is 4.90 Å². The Kier molecular flexibility index (Phi) is 5.38. The van der Waals surface area contributed by atoms with Crippen LogP contribution in [0.2, 0.25) is 0 Å². The van der Waals surface area contributed by atoms with Gasteiger partial charge in [0.25, 0.3) is 0 Å². The summed E-state index contributed by atoms with van der Waals surface area (Å²) in [4.78, 5) is 13.7. The van der Waals surface area contributed by atoms with Crippen molar-refractivity contribution < 1.29 is 4.79 Å². The van der Waals surface area contributed by atoms with E-state index in [0.717, 1.165) is 16.8 Å². The molecule has 1 rings (SSSR count). The maximum atomic E-state index is 11.9. The van der Waals surface area contributed by atoms with E-state index in [9.17, 15) is 4.79 Å². The summed E-state index contributed by atoms with van der Waals surface area (Å²) in [7, 11) is 1.83. The van der Waals surface area contributed by atoms with Gasteiger partial charge in [-0.1, -0.05) is 36.4 Å². The fraction of sp³-hybridized carbons (Fsp3) is 0.357. The minimum absolute atomic E-state index is 0.0483. The molecule has 0 aliphatic heterocycles. The van der Waals surface area contributed by atoms with Crippen LogP contribution in [0.3, 0.4) is 0 Å². The number of anilines is 1. The summed E-state index contributed by atoms with van der Waals surface area (Å²) >= 11 is 5.70. The van der Waals surface area contributed by atoms with Gasteiger partial charge in [0.05, 0.1) is 6.54 Å². The highest BCUT2D eigenvalue weighted by atomic mass is 35.5. The summed E-state index contributed by atoms with van der Waals surface area (Å²) in [5.74, 6) is -0.0483. The number of para-hydroxylation sites is 1. The number of carbonyl (C=O) groups is 1. The van der Waals surface area contributed by atoms with Crippen LogP contribution < -0.4 is 5.32 Å². The first-order valence-electron chi connectivity index (χ1n) is 5.78. The van der Waals surface area contributed by atoms with Crippen LogP contribution in [0.1, 0.15) is 11.1 Å². The topological polar surface area (TPSA) is 32.3 Å². The van der Waals surface area contributed by atoms with Crippen LogP contribution in [-0.2, 0) is 4.79 Å². The van der Waals surface area contributed by atoms with Crippen molar-refractivity contribution in [3.63, 3.8) is 0 Å². The highest BCUT2D eigenvalue weighted by molar-refractivity contribution is 6.29. The Labute approximate surface area is 113 Å². The van der Waals surface area contributed by atoms with Crippen LogP contribution >= 0.6 is 11.6 Å². The van der Waals surface area contributed by atoms with E-state index in [4.69, 9.17) is 11.6 Å². The highest BCUT2D eigenvalue weighted by Crippen LogP contribution is 2.19. The number of carbonyl (C=O) groups excluding carboxylic acids is 1. The number of rotatable bonds is 5. The average Bonchev–Trinajstić information content (AvgIpc) is 2.22. The van der Waals surface area contributed by atoms with Crippen molar-refractivity contribution in [1.29, 1.82) is 0 Å². The summed E-state index contributed by atoms with van der Waals surface area (Å²) < 4.78 is 0. The molecular weight excluding hydrogens is 248 g/mol. The van der Waals surface area contributed by atoms with E-state index in [2.05, 4.69) is 11.9 Å². The second-order valence-corrected chi connectivity index (χ2v) is 5.04. The smallest absolute Gasteiger partial charge is 0.238 e. The van der Waals surface area contributed by atoms with Crippen molar-refractivity contribution in [2.75, 3.05) is 25.5 Å². The van der Waals surface area contributed by atoms with Gasteiger partial charge in [-0.3, -0.25) is 9.69 Å². The highest BCUT2D eigenvalue weighted by Gasteiger charge is 2.10. The van der Waals surface area contributed by atoms with Gasteiger partial charge in [0.2, 0.25) is 5.91 Å². The van der Waals surface area contributed by atoms with E-state index in [0.29, 0.717) is 18.1 Å². The molecule has 1 aromatic rings. The van der Waals surface area contributed by atoms with E-state index in [1.807, 2.05) is 44.0 Å². The molecule has 0 spiro atoms. The van der Waals surface area contributed by atoms with E-state index in [1.54, 1.807) is 0 Å². The number of hydrogen-bond donors (Lipinski definition) is 1. The fourth-order valence-electron chi connectivity index (χ4n) is 1.78. The van der Waals surface area contributed by atoms with Crippen LogP contribution in [0.15, 0.2) is 29.8 Å². The largest absolute Gasteiger partial charge is 0.324 e. The number of nitrogens with one attached hydrogen (secondary N) is 1. The third kappa shape index (κ3) is 4.51. The molecule has 1 N–H and O–H groups in total. The zero-order valence-electron chi connectivity index (χ0n) is 11.1. The molecule has 0 radical (unpaired) electrons. The first kappa shape index (κ1) is 14.7. The lowest BCUT2D eigenvalue weighted by atomic mass is 10.1. The lowest BCUT2D eigenvalue weighted by Crippen LogP contribution is -2.31. The number of likely N-dealkylation sites (N-methyl/N-ethyl adjacent to an activating group) is 1. The Balaban J connectivity index is 2.62. The van der Waals surface area contributed by atoms with Crippen molar-refractivity contribution in [2.24, 2.45) is 0 Å². The van der Waals surface area contributed by atoms with Gasteiger partial charge in [0, 0.05) is 17.3 Å². The van der Waals surface area contributed by atoms with Gasteiger partial charge in [-0.2, -0.15) is 0 Å². The van der Waals surface area contributed by atoms with Crippen LogP contribution in [0.25, 0.3) is 0 Å². The average molecular weight is 267 g/mol. The lowest BCUT2D eigenvalue weighted by molar-refractivity contribution is -0.116. The SMILES string of the molecule is C=C(Cl)CN(C)CC(=O)Nc1c(C)cccc1C. The normalized spacial score (nSPS) is 10.5. The summed E-state index contributed by atoms with van der Waals surface area (Å²) in [6, 6.07) is 5.93. The third-order valence-electron chi connectivity index (χ3n) is 2.60. The van der Waals surface area contributed by atoms with Crippen LogP contribution in [0.4, 0.5) is 5.69 Å². The molecule has 1 aromatic carbocycles. The van der Waals surface area contributed by atoms with Gasteiger partial charge in [-0.05, 0) is 32.0 Å². The van der Waals surface area contributed by atoms with Crippen molar-refractivity contribution in [3.05, 3.63) is 40.9 Å². The number of amides is 1. The number of benzene rings is 1. The molecule has 98 valence electrons. The van der Waals surface area contributed by atoms with Crippen LogP contribution in [-0.4, -0.2) is 30.9 Å². The first-order chi connectivity index (χ1) is 8.40. The Bertz CT molecular complexity index is 437. The van der Waals surface area contributed by atoms with Crippen LogP contribution in [0, 0.1) is 13.8 Å². The van der Waals surface area contributed by atoms with Crippen molar-refractivity contribution >= 4 is 23.2 Å². The summed E-state index contributed by atoms with van der Waals surface area (Å²) in [5.41, 5.74) is 3.01. The molecule has 0 fully saturated rings. The zero-order valence-corrected chi connectivity index (χ0v) is 11.8. The standard InChI is InChI=1S/C14H19ClN2O/c1-10-6-5-7-11(2)14(10)16-13(18)9-17(4)8-12(3)15/h5-7H,3,8-9H2,1-2,4H3,(H,16,18). The molecule has 18 heavy (non-hydrogen) atoms. The minimum atomic E-state index is -0.0483. The molecule has 0 heterocycles. The van der Waals surface area contributed by atoms with Gasteiger partial charge in [0.15, 0.2) is 0 Å². The van der Waals surface area contributed by atoms with Gasteiger partial charge in [-0.15, -0.1) is 0 Å². The molecular formula is C14H19ClN2O. The van der Waals surface area contributed by atoms with Crippen molar-refractivity contribution in [3.8, 4) is 0 Å². The van der Waals surface area contributed by atoms with Gasteiger partial charge >= 0.3 is 0 Å². The summed E-state index contributed by atoms with van der Waals surface area (Å²) in [5, 5.41) is 3.45. The molecule has 0 bridgehead atoms. The molecule has 0 aliphatic carbocycles. The maximum absolute atomic E-state index is 11.9. The molecule has 0 saturated carbocycles. The van der Waals surface area contributed by atoms with E-state index in [-0.39, 0.29) is 5.91 Å². The van der Waals surface area contributed by atoms with Crippen molar-refractivity contribution in [2.45, 2.75) is 13.8 Å². The lowest BCUT2D eigenvalue weighted by Gasteiger charge is -2.17. The molecule has 1 amide bonds. The predicted molar refractivity (Wildman–Crippen MR) is 77.0 cm³/mol. The first-order valence-corrected chi connectivity index (χ1v) is 6.16. The number of nitrogens with zero attached hydrogens (tertiary/aromatic N) is 1. The molecule has 4 heteroatoms. The Morgan fingerprint density at radius 1 is 1.33 bits per heavy atom. The Morgan fingerprint density at radius 2 is 1.89 bits per heavy atom. The maximum Gasteiger partial charge on any atom is 0.238 e. The monoisotopic (exact) mass is 266 g/mol. The molecule has 0 aliphatic rings. The van der Waals surface area contributed by atoms with Gasteiger partial charge in [0.1, 0.15) is 0 Å². The predicted octanol–water partition coefficient (Wildman–Crippen LogP) is 2.93. The quantitative estimate of drug-likeness (QED) is 0.889. The number of hydrogen-bond acceptors (Lipinski definition) is 2.